The van der Waals surface area contributed by atoms with Crippen LogP contribution < -0.4 is 9.47 Å². The Hall–Kier alpha value is -1.78. The molecule has 170 valence electrons. The van der Waals surface area contributed by atoms with Gasteiger partial charge in [-0.2, -0.15) is 0 Å². The van der Waals surface area contributed by atoms with Gasteiger partial charge in [-0.15, -0.1) is 0 Å². The zero-order chi connectivity index (χ0) is 23.2. The standard InChI is InChI=1S/C28H32Br2O2/c1-27(2,23-9-13-25(14-10-23)31-19-17-29)21-5-7-22(8-6-21)28(3,4)24-11-15-26(16-12-24)32-20-18-30/h5-16H,17-20H2,1-4H3. The van der Waals surface area contributed by atoms with Crippen molar-refractivity contribution in [1.82, 2.24) is 0 Å². The van der Waals surface area contributed by atoms with Gasteiger partial charge in [-0.3, -0.25) is 0 Å². The van der Waals surface area contributed by atoms with Crippen molar-refractivity contribution >= 4 is 31.9 Å². The van der Waals surface area contributed by atoms with Crippen molar-refractivity contribution in [2.45, 2.75) is 38.5 Å². The van der Waals surface area contributed by atoms with Gasteiger partial charge in [0, 0.05) is 21.5 Å². The van der Waals surface area contributed by atoms with Crippen LogP contribution in [-0.2, 0) is 10.8 Å². The first-order chi connectivity index (χ1) is 15.3. The number of rotatable bonds is 10. The minimum Gasteiger partial charge on any atom is -0.493 e. The van der Waals surface area contributed by atoms with Crippen LogP contribution in [0.15, 0.2) is 72.8 Å². The largest absolute Gasteiger partial charge is 0.493 e. The highest BCUT2D eigenvalue weighted by Crippen LogP contribution is 2.36. The second-order valence-corrected chi connectivity index (χ2v) is 10.5. The van der Waals surface area contributed by atoms with Crippen LogP contribution in [0, 0.1) is 0 Å². The molecule has 0 aliphatic heterocycles. The van der Waals surface area contributed by atoms with Gasteiger partial charge in [0.1, 0.15) is 11.5 Å². The van der Waals surface area contributed by atoms with Crippen molar-refractivity contribution < 1.29 is 9.47 Å². The first-order valence-corrected chi connectivity index (χ1v) is 13.2. The van der Waals surface area contributed by atoms with Gasteiger partial charge in [0.2, 0.25) is 0 Å². The fourth-order valence-electron chi connectivity index (χ4n) is 3.89. The van der Waals surface area contributed by atoms with Gasteiger partial charge < -0.3 is 9.47 Å². The molecule has 0 atom stereocenters. The molecule has 0 unspecified atom stereocenters. The summed E-state index contributed by atoms with van der Waals surface area (Å²) in [5, 5.41) is 1.66. The van der Waals surface area contributed by atoms with E-state index in [1.165, 1.54) is 22.3 Å². The molecule has 0 spiro atoms. The molecule has 4 heteroatoms. The van der Waals surface area contributed by atoms with Gasteiger partial charge in [0.15, 0.2) is 0 Å². The number of benzene rings is 3. The van der Waals surface area contributed by atoms with Gasteiger partial charge in [0.05, 0.1) is 13.2 Å². The van der Waals surface area contributed by atoms with E-state index >= 15 is 0 Å². The van der Waals surface area contributed by atoms with Crippen molar-refractivity contribution in [3.05, 3.63) is 95.1 Å². The Morgan fingerprint density at radius 1 is 0.500 bits per heavy atom. The minimum atomic E-state index is -0.0922. The van der Waals surface area contributed by atoms with Crippen molar-refractivity contribution in [3.8, 4) is 11.5 Å². The van der Waals surface area contributed by atoms with E-state index in [2.05, 4.69) is 132 Å². The average molecular weight is 560 g/mol. The molecule has 0 saturated heterocycles. The topological polar surface area (TPSA) is 18.5 Å². The molecule has 0 aliphatic carbocycles. The lowest BCUT2D eigenvalue weighted by Gasteiger charge is -2.29. The van der Waals surface area contributed by atoms with Crippen LogP contribution in [0.5, 0.6) is 11.5 Å². The molecule has 32 heavy (non-hydrogen) atoms. The molecular formula is C28H32Br2O2. The Kier molecular flexibility index (Phi) is 8.46. The van der Waals surface area contributed by atoms with E-state index in [1.807, 2.05) is 0 Å². The fourth-order valence-corrected chi connectivity index (χ4v) is 4.21. The maximum Gasteiger partial charge on any atom is 0.119 e. The first-order valence-electron chi connectivity index (χ1n) is 11.0. The average Bonchev–Trinajstić information content (AvgIpc) is 2.82. The molecule has 3 rings (SSSR count). The van der Waals surface area contributed by atoms with E-state index in [0.29, 0.717) is 13.2 Å². The Balaban J connectivity index is 1.78. The summed E-state index contributed by atoms with van der Waals surface area (Å²) < 4.78 is 11.4. The molecule has 0 fully saturated rings. The SMILES string of the molecule is CC(C)(c1ccc(OCCBr)cc1)c1ccc(C(C)(C)c2ccc(OCCBr)cc2)cc1. The zero-order valence-electron chi connectivity index (χ0n) is 19.3. The number of halogens is 2. The van der Waals surface area contributed by atoms with Crippen molar-refractivity contribution in [1.29, 1.82) is 0 Å². The monoisotopic (exact) mass is 558 g/mol. The van der Waals surface area contributed by atoms with Gasteiger partial charge in [-0.1, -0.05) is 108 Å². The number of hydrogen-bond acceptors (Lipinski definition) is 2. The number of ether oxygens (including phenoxy) is 2. The molecule has 0 heterocycles. The van der Waals surface area contributed by atoms with Crippen LogP contribution in [0.2, 0.25) is 0 Å². The highest BCUT2D eigenvalue weighted by Gasteiger charge is 2.26. The molecule has 3 aromatic rings. The summed E-state index contributed by atoms with van der Waals surface area (Å²) in [7, 11) is 0. The summed E-state index contributed by atoms with van der Waals surface area (Å²) in [6.07, 6.45) is 0. The highest BCUT2D eigenvalue weighted by molar-refractivity contribution is 9.09. The third-order valence-electron chi connectivity index (χ3n) is 6.17. The summed E-state index contributed by atoms with van der Waals surface area (Å²) in [6.45, 7) is 10.4. The van der Waals surface area contributed by atoms with Crippen LogP contribution in [0.3, 0.4) is 0 Å². The summed E-state index contributed by atoms with van der Waals surface area (Å²) >= 11 is 6.80. The maximum atomic E-state index is 5.69. The number of alkyl halides is 2. The normalized spacial score (nSPS) is 11.9. The molecule has 0 radical (unpaired) electrons. The molecule has 2 nitrogen and oxygen atoms in total. The Bertz CT molecular complexity index is 893. The van der Waals surface area contributed by atoms with Crippen LogP contribution in [0.25, 0.3) is 0 Å². The molecule has 0 N–H and O–H groups in total. The van der Waals surface area contributed by atoms with E-state index in [1.54, 1.807) is 0 Å². The smallest absolute Gasteiger partial charge is 0.119 e. The van der Waals surface area contributed by atoms with Gasteiger partial charge in [0.25, 0.3) is 0 Å². The maximum absolute atomic E-state index is 5.69. The molecular weight excluding hydrogens is 528 g/mol. The lowest BCUT2D eigenvalue weighted by Crippen LogP contribution is -2.21. The summed E-state index contributed by atoms with van der Waals surface area (Å²) in [5.74, 6) is 1.81. The Morgan fingerprint density at radius 3 is 1.00 bits per heavy atom. The second kappa shape index (κ2) is 10.9. The third kappa shape index (κ3) is 5.77. The predicted octanol–water partition coefficient (Wildman–Crippen LogP) is 7.89. The van der Waals surface area contributed by atoms with Gasteiger partial charge in [-0.25, -0.2) is 0 Å². The highest BCUT2D eigenvalue weighted by atomic mass is 79.9. The van der Waals surface area contributed by atoms with Crippen LogP contribution in [0.4, 0.5) is 0 Å². The molecule has 0 bridgehead atoms. The van der Waals surface area contributed by atoms with Crippen molar-refractivity contribution in [2.75, 3.05) is 23.9 Å². The third-order valence-corrected chi connectivity index (χ3v) is 6.82. The molecule has 3 aromatic carbocycles. The zero-order valence-corrected chi connectivity index (χ0v) is 22.5. The predicted molar refractivity (Wildman–Crippen MR) is 142 cm³/mol. The van der Waals surface area contributed by atoms with Crippen molar-refractivity contribution in [3.63, 3.8) is 0 Å². The molecule has 0 amide bonds. The summed E-state index contributed by atoms with van der Waals surface area (Å²) in [5.41, 5.74) is 4.95. The molecule has 0 aromatic heterocycles. The quantitative estimate of drug-likeness (QED) is 0.235. The van der Waals surface area contributed by atoms with Gasteiger partial charge >= 0.3 is 0 Å². The Labute approximate surface area is 209 Å². The van der Waals surface area contributed by atoms with E-state index in [0.717, 1.165) is 22.2 Å². The van der Waals surface area contributed by atoms with Crippen LogP contribution >= 0.6 is 31.9 Å². The minimum absolute atomic E-state index is 0.0922. The second-order valence-electron chi connectivity index (χ2n) is 8.95. The fraction of sp³-hybridized carbons (Fsp3) is 0.357. The van der Waals surface area contributed by atoms with E-state index in [4.69, 9.17) is 9.47 Å². The lowest BCUT2D eigenvalue weighted by atomic mass is 9.74. The van der Waals surface area contributed by atoms with Crippen LogP contribution in [-0.4, -0.2) is 23.9 Å². The van der Waals surface area contributed by atoms with E-state index in [9.17, 15) is 0 Å². The van der Waals surface area contributed by atoms with E-state index < -0.39 is 0 Å². The molecule has 0 saturated carbocycles. The van der Waals surface area contributed by atoms with Crippen LogP contribution in [0.1, 0.15) is 49.9 Å². The first kappa shape index (κ1) is 24.9. The van der Waals surface area contributed by atoms with Crippen molar-refractivity contribution in [2.24, 2.45) is 0 Å². The molecule has 0 aliphatic rings. The Morgan fingerprint density at radius 2 is 0.750 bits per heavy atom. The summed E-state index contributed by atoms with van der Waals surface area (Å²) in [4.78, 5) is 0. The number of hydrogen-bond donors (Lipinski definition) is 0. The van der Waals surface area contributed by atoms with Gasteiger partial charge in [-0.05, 0) is 46.5 Å². The summed E-state index contributed by atoms with van der Waals surface area (Å²) in [6, 6.07) is 26.0. The van der Waals surface area contributed by atoms with E-state index in [-0.39, 0.29) is 10.8 Å². The lowest BCUT2D eigenvalue weighted by molar-refractivity contribution is 0.344.